The molecular formula is C22H28N6O4. The minimum atomic E-state index is -0.869. The second-order valence-electron chi connectivity index (χ2n) is 9.07. The second kappa shape index (κ2) is 8.68. The van der Waals surface area contributed by atoms with E-state index in [4.69, 9.17) is 4.52 Å². The van der Waals surface area contributed by atoms with Gasteiger partial charge in [0.25, 0.3) is 5.91 Å². The van der Waals surface area contributed by atoms with Crippen molar-refractivity contribution in [1.29, 1.82) is 0 Å². The minimum absolute atomic E-state index is 0.0598. The Kier molecular flexibility index (Phi) is 5.94. The Bertz CT molecular complexity index is 997. The lowest BCUT2D eigenvalue weighted by atomic mass is 9.77. The molecule has 2 aromatic rings. The van der Waals surface area contributed by atoms with Gasteiger partial charge in [0.1, 0.15) is 18.1 Å². The molecule has 2 fully saturated rings. The number of hydrogen-bond acceptors (Lipinski definition) is 7. The maximum atomic E-state index is 13.0. The van der Waals surface area contributed by atoms with Crippen molar-refractivity contribution >= 4 is 17.8 Å². The molecule has 1 aliphatic heterocycles. The molecule has 1 saturated carbocycles. The Morgan fingerprint density at radius 1 is 1.34 bits per heavy atom. The Morgan fingerprint density at radius 3 is 2.75 bits per heavy atom. The molecule has 1 saturated heterocycles. The van der Waals surface area contributed by atoms with Gasteiger partial charge < -0.3 is 15.2 Å². The molecule has 170 valence electrons. The number of nitrogens with one attached hydrogen (secondary N) is 2. The van der Waals surface area contributed by atoms with Crippen LogP contribution in [-0.4, -0.2) is 50.0 Å². The molecule has 1 unspecified atom stereocenters. The third-order valence-electron chi connectivity index (χ3n) is 6.29. The van der Waals surface area contributed by atoms with Gasteiger partial charge in [-0.3, -0.25) is 19.5 Å². The van der Waals surface area contributed by atoms with Crippen molar-refractivity contribution in [3.8, 4) is 11.4 Å². The van der Waals surface area contributed by atoms with Crippen LogP contribution in [0.25, 0.3) is 11.4 Å². The molecule has 4 amide bonds. The third-order valence-corrected chi connectivity index (χ3v) is 6.29. The summed E-state index contributed by atoms with van der Waals surface area (Å²) in [5.41, 5.74) is -0.172. The predicted molar refractivity (Wildman–Crippen MR) is 114 cm³/mol. The van der Waals surface area contributed by atoms with E-state index in [-0.39, 0.29) is 24.3 Å². The summed E-state index contributed by atoms with van der Waals surface area (Å²) in [5.74, 6) is 0.311. The second-order valence-corrected chi connectivity index (χ2v) is 9.07. The lowest BCUT2D eigenvalue weighted by molar-refractivity contribution is -0.136. The fraction of sp³-hybridized carbons (Fsp3) is 0.545. The number of hydrogen-bond donors (Lipinski definition) is 2. The topological polar surface area (TPSA) is 130 Å². The first-order valence-corrected chi connectivity index (χ1v) is 11.0. The van der Waals surface area contributed by atoms with Gasteiger partial charge in [0.2, 0.25) is 17.6 Å². The summed E-state index contributed by atoms with van der Waals surface area (Å²) in [4.78, 5) is 47.7. The van der Waals surface area contributed by atoms with E-state index in [1.807, 2.05) is 19.9 Å². The first-order valence-electron chi connectivity index (χ1n) is 11.0. The number of carbonyl (C=O) groups excluding carboxylic acids is 3. The van der Waals surface area contributed by atoms with E-state index < -0.39 is 23.5 Å². The molecule has 2 aromatic heterocycles. The number of carbonyl (C=O) groups is 3. The quantitative estimate of drug-likeness (QED) is 0.660. The molecule has 2 N–H and O–H groups in total. The fourth-order valence-corrected chi connectivity index (χ4v) is 4.26. The van der Waals surface area contributed by atoms with Crippen LogP contribution >= 0.6 is 0 Å². The van der Waals surface area contributed by atoms with Crippen LogP contribution in [-0.2, 0) is 9.59 Å². The molecule has 1 atom stereocenters. The van der Waals surface area contributed by atoms with Gasteiger partial charge in [0.05, 0.1) is 0 Å². The highest BCUT2D eigenvalue weighted by atomic mass is 16.5. The molecule has 10 heteroatoms. The summed E-state index contributed by atoms with van der Waals surface area (Å²) in [6, 6.07) is 2.50. The van der Waals surface area contributed by atoms with Crippen LogP contribution in [0.5, 0.6) is 0 Å². The van der Waals surface area contributed by atoms with Crippen molar-refractivity contribution in [2.24, 2.45) is 11.8 Å². The number of imide groups is 1. The van der Waals surface area contributed by atoms with Gasteiger partial charge in [0, 0.05) is 18.0 Å². The smallest absolute Gasteiger partial charge is 0.325 e. The van der Waals surface area contributed by atoms with E-state index in [1.165, 1.54) is 0 Å². The average Bonchev–Trinajstić information content (AvgIpc) is 3.34. The highest BCUT2D eigenvalue weighted by Crippen LogP contribution is 2.36. The molecule has 1 aliphatic carbocycles. The number of aromatic nitrogens is 3. The van der Waals surface area contributed by atoms with Crippen LogP contribution in [0.4, 0.5) is 4.79 Å². The highest BCUT2D eigenvalue weighted by molar-refractivity contribution is 6.09. The highest BCUT2D eigenvalue weighted by Gasteiger charge is 2.52. The van der Waals surface area contributed by atoms with Gasteiger partial charge in [-0.15, -0.1) is 0 Å². The van der Waals surface area contributed by atoms with Gasteiger partial charge >= 0.3 is 6.03 Å². The SMILES string of the molecule is CC1CCC2(CC1)NC(=O)N(CC(=O)NC(c1nc(-c3cccnc3)no1)C(C)C)C2=O. The van der Waals surface area contributed by atoms with Gasteiger partial charge in [-0.25, -0.2) is 4.79 Å². The molecular weight excluding hydrogens is 412 g/mol. The van der Waals surface area contributed by atoms with E-state index >= 15 is 0 Å². The summed E-state index contributed by atoms with van der Waals surface area (Å²) in [6.45, 7) is 5.60. The first kappa shape index (κ1) is 21.9. The molecule has 4 rings (SSSR count). The zero-order valence-corrected chi connectivity index (χ0v) is 18.5. The number of urea groups is 1. The van der Waals surface area contributed by atoms with Gasteiger partial charge in [0.15, 0.2) is 0 Å². The van der Waals surface area contributed by atoms with Crippen LogP contribution < -0.4 is 10.6 Å². The average molecular weight is 441 g/mol. The van der Waals surface area contributed by atoms with Crippen molar-refractivity contribution in [1.82, 2.24) is 30.7 Å². The number of nitrogens with zero attached hydrogens (tertiary/aromatic N) is 4. The summed E-state index contributed by atoms with van der Waals surface area (Å²) >= 11 is 0. The van der Waals surface area contributed by atoms with Crippen LogP contribution in [0.2, 0.25) is 0 Å². The largest absolute Gasteiger partial charge is 0.342 e. The lowest BCUT2D eigenvalue weighted by Crippen LogP contribution is -2.50. The predicted octanol–water partition coefficient (Wildman–Crippen LogP) is 2.45. The van der Waals surface area contributed by atoms with Crippen molar-refractivity contribution in [2.45, 2.75) is 58.0 Å². The zero-order valence-electron chi connectivity index (χ0n) is 18.5. The first-order chi connectivity index (χ1) is 15.3. The van der Waals surface area contributed by atoms with Crippen molar-refractivity contribution in [3.63, 3.8) is 0 Å². The molecule has 2 aliphatic rings. The number of amides is 4. The summed E-state index contributed by atoms with van der Waals surface area (Å²) < 4.78 is 5.39. The van der Waals surface area contributed by atoms with Crippen molar-refractivity contribution < 1.29 is 18.9 Å². The zero-order chi connectivity index (χ0) is 22.9. The van der Waals surface area contributed by atoms with E-state index in [0.29, 0.717) is 30.1 Å². The monoisotopic (exact) mass is 440 g/mol. The van der Waals surface area contributed by atoms with Crippen molar-refractivity contribution in [2.75, 3.05) is 6.54 Å². The van der Waals surface area contributed by atoms with Gasteiger partial charge in [-0.1, -0.05) is 25.9 Å². The Labute approximate surface area is 186 Å². The third kappa shape index (κ3) is 4.21. The van der Waals surface area contributed by atoms with Crippen molar-refractivity contribution in [3.05, 3.63) is 30.4 Å². The van der Waals surface area contributed by atoms with Gasteiger partial charge in [-0.05, 0) is 49.7 Å². The van der Waals surface area contributed by atoms with Crippen LogP contribution in [0.3, 0.4) is 0 Å². The summed E-state index contributed by atoms with van der Waals surface area (Å²) in [7, 11) is 0. The molecule has 0 radical (unpaired) electrons. The Balaban J connectivity index is 1.44. The van der Waals surface area contributed by atoms with Gasteiger partial charge in [-0.2, -0.15) is 4.98 Å². The van der Waals surface area contributed by atoms with E-state index in [2.05, 4.69) is 32.7 Å². The minimum Gasteiger partial charge on any atom is -0.342 e. The lowest BCUT2D eigenvalue weighted by Gasteiger charge is -2.33. The van der Waals surface area contributed by atoms with Crippen LogP contribution in [0.1, 0.15) is 58.4 Å². The van der Waals surface area contributed by atoms with E-state index in [1.54, 1.807) is 18.5 Å². The Hall–Kier alpha value is -3.30. The molecule has 10 nitrogen and oxygen atoms in total. The molecule has 32 heavy (non-hydrogen) atoms. The normalized spacial score (nSPS) is 24.1. The number of rotatable bonds is 6. The van der Waals surface area contributed by atoms with Crippen LogP contribution in [0.15, 0.2) is 29.0 Å². The maximum Gasteiger partial charge on any atom is 0.325 e. The number of pyridine rings is 1. The standard InChI is InChI=1S/C22H28N6O4/c1-13(2)17(19-25-18(27-32-19)15-5-4-10-23-11-15)24-16(29)12-28-20(30)22(26-21(28)31)8-6-14(3)7-9-22/h4-5,10-11,13-14,17H,6-9,12H2,1-3H3,(H,24,29)(H,26,31). The molecule has 1 spiro atoms. The summed E-state index contributed by atoms with van der Waals surface area (Å²) in [6.07, 6.45) is 6.22. The maximum absolute atomic E-state index is 13.0. The fourth-order valence-electron chi connectivity index (χ4n) is 4.26. The summed E-state index contributed by atoms with van der Waals surface area (Å²) in [5, 5.41) is 9.66. The van der Waals surface area contributed by atoms with Crippen LogP contribution in [0, 0.1) is 11.8 Å². The van der Waals surface area contributed by atoms with E-state index in [0.717, 1.165) is 17.7 Å². The Morgan fingerprint density at radius 2 is 2.09 bits per heavy atom. The molecule has 0 aromatic carbocycles. The molecule has 0 bridgehead atoms. The van der Waals surface area contributed by atoms with E-state index in [9.17, 15) is 14.4 Å². The molecule has 3 heterocycles.